The zero-order chi connectivity index (χ0) is 13.5. The van der Waals surface area contributed by atoms with Crippen LogP contribution in [0.25, 0.3) is 11.0 Å². The van der Waals surface area contributed by atoms with Gasteiger partial charge in [-0.3, -0.25) is 19.5 Å². The maximum Gasteiger partial charge on any atom is 0.472 e. The molecule has 0 aliphatic carbocycles. The van der Waals surface area contributed by atoms with Crippen molar-refractivity contribution in [2.75, 3.05) is 0 Å². The average Bonchev–Trinajstić information content (AvgIpc) is 2.68. The minimum absolute atomic E-state index is 0.0539. The minimum atomic E-state index is -5.03. The highest BCUT2D eigenvalue weighted by Gasteiger charge is 2.40. The van der Waals surface area contributed by atoms with Crippen LogP contribution in [0.15, 0.2) is 24.5 Å². The van der Waals surface area contributed by atoms with Crippen LogP contribution in [0.2, 0.25) is 0 Å². The molecular formula is C9H4F3N3O3. The summed E-state index contributed by atoms with van der Waals surface area (Å²) in [6.07, 6.45) is -4.35. The van der Waals surface area contributed by atoms with Gasteiger partial charge in [-0.25, -0.2) is 4.98 Å². The molecule has 0 amide bonds. The number of halogens is 3. The Morgan fingerprint density at radius 3 is 2.61 bits per heavy atom. The number of benzene rings is 1. The number of imidazole rings is 1. The highest BCUT2D eigenvalue weighted by molar-refractivity contribution is 5.93. The van der Waals surface area contributed by atoms with Crippen molar-refractivity contribution >= 4 is 22.6 Å². The molecule has 94 valence electrons. The van der Waals surface area contributed by atoms with Crippen molar-refractivity contribution in [3.05, 3.63) is 34.6 Å². The van der Waals surface area contributed by atoms with Crippen LogP contribution < -0.4 is 0 Å². The lowest BCUT2D eigenvalue weighted by atomic mass is 10.3. The molecule has 0 radical (unpaired) electrons. The Hall–Kier alpha value is -2.45. The molecule has 0 atom stereocenters. The summed E-state index contributed by atoms with van der Waals surface area (Å²) in [5.41, 5.74) is -0.503. The Labute approximate surface area is 96.8 Å². The van der Waals surface area contributed by atoms with E-state index >= 15 is 0 Å². The van der Waals surface area contributed by atoms with Gasteiger partial charge in [0, 0.05) is 12.1 Å². The summed E-state index contributed by atoms with van der Waals surface area (Å²) in [6.45, 7) is 0. The second kappa shape index (κ2) is 3.79. The predicted molar refractivity (Wildman–Crippen MR) is 53.1 cm³/mol. The van der Waals surface area contributed by atoms with Crippen molar-refractivity contribution < 1.29 is 22.9 Å². The maximum atomic E-state index is 12.2. The summed E-state index contributed by atoms with van der Waals surface area (Å²) >= 11 is 0. The molecule has 0 saturated heterocycles. The number of carbonyl (C=O) groups excluding carboxylic acids is 1. The first-order valence-electron chi connectivity index (χ1n) is 4.54. The molecule has 9 heteroatoms. The monoisotopic (exact) mass is 259 g/mol. The van der Waals surface area contributed by atoms with Crippen molar-refractivity contribution in [2.45, 2.75) is 6.18 Å². The molecule has 1 aromatic heterocycles. The summed E-state index contributed by atoms with van der Waals surface area (Å²) in [7, 11) is 0. The summed E-state index contributed by atoms with van der Waals surface area (Å²) in [4.78, 5) is 24.3. The third-order valence-corrected chi connectivity index (χ3v) is 2.20. The van der Waals surface area contributed by atoms with Crippen molar-refractivity contribution in [1.82, 2.24) is 9.55 Å². The van der Waals surface area contributed by atoms with Gasteiger partial charge in [-0.1, -0.05) is 0 Å². The second-order valence-corrected chi connectivity index (χ2v) is 3.35. The van der Waals surface area contributed by atoms with Crippen LogP contribution in [0.1, 0.15) is 4.79 Å². The Bertz CT molecular complexity index is 647. The van der Waals surface area contributed by atoms with Crippen LogP contribution in [0.4, 0.5) is 18.9 Å². The zero-order valence-electron chi connectivity index (χ0n) is 8.51. The van der Waals surface area contributed by atoms with Gasteiger partial charge in [0.05, 0.1) is 16.0 Å². The van der Waals surface area contributed by atoms with Gasteiger partial charge in [0.2, 0.25) is 0 Å². The Morgan fingerprint density at radius 2 is 2.06 bits per heavy atom. The van der Waals surface area contributed by atoms with E-state index in [-0.39, 0.29) is 16.7 Å². The lowest BCUT2D eigenvalue weighted by Crippen LogP contribution is -2.28. The molecule has 0 saturated carbocycles. The Morgan fingerprint density at radius 1 is 1.39 bits per heavy atom. The van der Waals surface area contributed by atoms with Crippen LogP contribution in [0.5, 0.6) is 0 Å². The largest absolute Gasteiger partial charge is 0.472 e. The van der Waals surface area contributed by atoms with E-state index in [0.29, 0.717) is 10.9 Å². The molecule has 0 spiro atoms. The fraction of sp³-hybridized carbons (Fsp3) is 0.111. The summed E-state index contributed by atoms with van der Waals surface area (Å²) in [5, 5.41) is 10.5. The normalized spacial score (nSPS) is 11.7. The number of nitro benzene ring substituents is 1. The zero-order valence-corrected chi connectivity index (χ0v) is 8.51. The van der Waals surface area contributed by atoms with Crippen molar-refractivity contribution in [2.24, 2.45) is 0 Å². The molecule has 0 unspecified atom stereocenters. The molecule has 0 aliphatic heterocycles. The number of fused-ring (bicyclic) bond motifs is 1. The summed E-state index contributed by atoms with van der Waals surface area (Å²) < 4.78 is 37.0. The fourth-order valence-electron chi connectivity index (χ4n) is 1.41. The predicted octanol–water partition coefficient (Wildman–Crippen LogP) is 2.15. The van der Waals surface area contributed by atoms with Gasteiger partial charge < -0.3 is 0 Å². The number of aromatic nitrogens is 2. The number of hydrogen-bond donors (Lipinski definition) is 0. The van der Waals surface area contributed by atoms with Crippen molar-refractivity contribution in [3.8, 4) is 0 Å². The third-order valence-electron chi connectivity index (χ3n) is 2.20. The molecule has 0 N–H and O–H groups in total. The number of carbonyl (C=O) groups is 1. The van der Waals surface area contributed by atoms with Gasteiger partial charge in [0.15, 0.2) is 0 Å². The molecule has 2 aromatic rings. The lowest BCUT2D eigenvalue weighted by molar-refractivity contribution is -0.384. The first kappa shape index (κ1) is 12.0. The van der Waals surface area contributed by atoms with E-state index in [1.165, 1.54) is 0 Å². The van der Waals surface area contributed by atoms with Crippen LogP contribution in [0.3, 0.4) is 0 Å². The number of alkyl halides is 3. The molecule has 1 aromatic carbocycles. The van der Waals surface area contributed by atoms with E-state index in [4.69, 9.17) is 0 Å². The number of hydrogen-bond acceptors (Lipinski definition) is 4. The lowest BCUT2D eigenvalue weighted by Gasteiger charge is -2.05. The standard InChI is InChI=1S/C9H4F3N3O3/c10-9(11,12)8(16)14-4-13-6-3-5(15(17)18)1-2-7(6)14/h1-4H. The van der Waals surface area contributed by atoms with E-state index in [0.717, 1.165) is 18.2 Å². The van der Waals surface area contributed by atoms with Crippen LogP contribution in [0, 0.1) is 10.1 Å². The van der Waals surface area contributed by atoms with Gasteiger partial charge >= 0.3 is 12.1 Å². The van der Waals surface area contributed by atoms with Crippen molar-refractivity contribution in [1.29, 1.82) is 0 Å². The van der Waals surface area contributed by atoms with Crippen LogP contribution in [-0.4, -0.2) is 26.6 Å². The van der Waals surface area contributed by atoms with E-state index in [2.05, 4.69) is 4.98 Å². The average molecular weight is 259 g/mol. The molecule has 0 bridgehead atoms. The topological polar surface area (TPSA) is 78.0 Å². The first-order chi connectivity index (χ1) is 8.30. The SMILES string of the molecule is O=C(n1cnc2cc([N+](=O)[O-])ccc21)C(F)(F)F. The highest BCUT2D eigenvalue weighted by Crippen LogP contribution is 2.23. The molecule has 6 nitrogen and oxygen atoms in total. The van der Waals surface area contributed by atoms with E-state index < -0.39 is 17.0 Å². The highest BCUT2D eigenvalue weighted by atomic mass is 19.4. The van der Waals surface area contributed by atoms with Crippen LogP contribution in [-0.2, 0) is 0 Å². The molecule has 2 rings (SSSR count). The summed E-state index contributed by atoms with van der Waals surface area (Å²) in [5.74, 6) is -2.10. The molecule has 0 aliphatic rings. The summed E-state index contributed by atoms with van der Waals surface area (Å²) in [6, 6.07) is 3.05. The van der Waals surface area contributed by atoms with Gasteiger partial charge in [0.1, 0.15) is 6.33 Å². The smallest absolute Gasteiger partial charge is 0.264 e. The molecular weight excluding hydrogens is 255 g/mol. The van der Waals surface area contributed by atoms with Crippen molar-refractivity contribution in [3.63, 3.8) is 0 Å². The number of nitrogens with zero attached hydrogens (tertiary/aromatic N) is 3. The van der Waals surface area contributed by atoms with Gasteiger partial charge in [-0.05, 0) is 6.07 Å². The molecule has 0 fully saturated rings. The Kier molecular flexibility index (Phi) is 2.53. The van der Waals surface area contributed by atoms with E-state index in [1.807, 2.05) is 0 Å². The van der Waals surface area contributed by atoms with Gasteiger partial charge in [0.25, 0.3) is 5.69 Å². The Balaban J connectivity index is 2.56. The van der Waals surface area contributed by atoms with Crippen LogP contribution >= 0.6 is 0 Å². The maximum absolute atomic E-state index is 12.2. The van der Waals surface area contributed by atoms with E-state index in [9.17, 15) is 28.1 Å². The quantitative estimate of drug-likeness (QED) is 0.580. The number of non-ortho nitro benzene ring substituents is 1. The third kappa shape index (κ3) is 1.90. The molecule has 1 heterocycles. The van der Waals surface area contributed by atoms with Gasteiger partial charge in [-0.15, -0.1) is 0 Å². The molecule has 18 heavy (non-hydrogen) atoms. The number of rotatable bonds is 1. The van der Waals surface area contributed by atoms with E-state index in [1.54, 1.807) is 0 Å². The number of nitro groups is 1. The van der Waals surface area contributed by atoms with Gasteiger partial charge in [-0.2, -0.15) is 13.2 Å². The first-order valence-corrected chi connectivity index (χ1v) is 4.54. The fourth-order valence-corrected chi connectivity index (χ4v) is 1.41. The minimum Gasteiger partial charge on any atom is -0.264 e. The second-order valence-electron chi connectivity index (χ2n) is 3.35.